The van der Waals surface area contributed by atoms with Crippen LogP contribution in [0.15, 0.2) is 42.5 Å². The zero-order chi connectivity index (χ0) is 15.4. The van der Waals surface area contributed by atoms with E-state index in [9.17, 15) is 18.0 Å². The minimum atomic E-state index is -3.03. The molecule has 0 atom stereocenters. The zero-order valence-electron chi connectivity index (χ0n) is 10.7. The molecule has 0 saturated carbocycles. The highest BCUT2D eigenvalue weighted by Crippen LogP contribution is 2.24. The molecule has 6 heteroatoms. The molecule has 0 aliphatic rings. The van der Waals surface area contributed by atoms with Crippen LogP contribution < -0.4 is 4.74 Å². The van der Waals surface area contributed by atoms with Crippen molar-refractivity contribution < 1.29 is 22.7 Å². The van der Waals surface area contributed by atoms with Gasteiger partial charge in [-0.05, 0) is 35.9 Å². The molecule has 0 aromatic heterocycles. The minimum absolute atomic E-state index is 0.00173. The van der Waals surface area contributed by atoms with Crippen LogP contribution in [0.2, 0.25) is 5.02 Å². The van der Waals surface area contributed by atoms with Gasteiger partial charge in [0.05, 0.1) is 5.56 Å². The van der Waals surface area contributed by atoms with Crippen molar-refractivity contribution in [1.29, 1.82) is 0 Å². The van der Waals surface area contributed by atoms with Crippen molar-refractivity contribution in [1.82, 2.24) is 0 Å². The number of alkyl halides is 2. The van der Waals surface area contributed by atoms with E-state index in [-0.39, 0.29) is 28.3 Å². The highest BCUT2D eigenvalue weighted by atomic mass is 35.5. The highest BCUT2D eigenvalue weighted by Gasteiger charge is 2.17. The first-order valence-corrected chi connectivity index (χ1v) is 6.36. The Labute approximate surface area is 124 Å². The highest BCUT2D eigenvalue weighted by molar-refractivity contribution is 6.31. The SMILES string of the molecule is O=C(Cc1cc(F)ccc1Cl)c1ccccc1OC(F)F. The van der Waals surface area contributed by atoms with Gasteiger partial charge in [0.1, 0.15) is 11.6 Å². The lowest BCUT2D eigenvalue weighted by atomic mass is 10.0. The summed E-state index contributed by atoms with van der Waals surface area (Å²) in [6, 6.07) is 9.28. The van der Waals surface area contributed by atoms with Gasteiger partial charge in [-0.15, -0.1) is 0 Å². The summed E-state index contributed by atoms with van der Waals surface area (Å²) in [5.41, 5.74) is 0.284. The van der Waals surface area contributed by atoms with E-state index in [1.54, 1.807) is 0 Å². The van der Waals surface area contributed by atoms with Gasteiger partial charge in [0.15, 0.2) is 5.78 Å². The predicted octanol–water partition coefficient (Wildman–Crippen LogP) is 4.51. The lowest BCUT2D eigenvalue weighted by Gasteiger charge is -2.10. The lowest BCUT2D eigenvalue weighted by molar-refractivity contribution is -0.0501. The molecule has 0 bridgehead atoms. The number of rotatable bonds is 5. The molecule has 0 heterocycles. The van der Waals surface area contributed by atoms with E-state index in [1.165, 1.54) is 36.4 Å². The van der Waals surface area contributed by atoms with Crippen molar-refractivity contribution in [2.75, 3.05) is 0 Å². The van der Waals surface area contributed by atoms with Gasteiger partial charge in [-0.1, -0.05) is 23.7 Å². The fourth-order valence-corrected chi connectivity index (χ4v) is 2.03. The van der Waals surface area contributed by atoms with E-state index in [0.29, 0.717) is 0 Å². The van der Waals surface area contributed by atoms with Crippen LogP contribution in [0.25, 0.3) is 0 Å². The van der Waals surface area contributed by atoms with Gasteiger partial charge in [0.25, 0.3) is 0 Å². The number of carbonyl (C=O) groups is 1. The topological polar surface area (TPSA) is 26.3 Å². The Hall–Kier alpha value is -2.01. The number of halogens is 4. The maximum Gasteiger partial charge on any atom is 0.387 e. The van der Waals surface area contributed by atoms with E-state index in [4.69, 9.17) is 11.6 Å². The monoisotopic (exact) mass is 314 g/mol. The average Bonchev–Trinajstić information content (AvgIpc) is 2.42. The molecule has 2 nitrogen and oxygen atoms in total. The quantitative estimate of drug-likeness (QED) is 0.759. The summed E-state index contributed by atoms with van der Waals surface area (Å²) in [6.07, 6.45) is -0.208. The third-order valence-electron chi connectivity index (χ3n) is 2.76. The van der Waals surface area contributed by atoms with Crippen LogP contribution in [0.1, 0.15) is 15.9 Å². The number of hydrogen-bond donors (Lipinski definition) is 0. The summed E-state index contributed by atoms with van der Waals surface area (Å²) in [7, 11) is 0. The fraction of sp³-hybridized carbons (Fsp3) is 0.133. The number of benzene rings is 2. The van der Waals surface area contributed by atoms with Gasteiger partial charge < -0.3 is 4.74 Å². The molecule has 0 aliphatic heterocycles. The molecule has 2 aromatic carbocycles. The van der Waals surface area contributed by atoms with Crippen LogP contribution in [-0.4, -0.2) is 12.4 Å². The van der Waals surface area contributed by atoms with E-state index in [1.807, 2.05) is 0 Å². The van der Waals surface area contributed by atoms with Gasteiger partial charge in [-0.25, -0.2) is 4.39 Å². The molecule has 2 aromatic rings. The first kappa shape index (κ1) is 15.4. The Balaban J connectivity index is 2.26. The summed E-state index contributed by atoms with van der Waals surface area (Å²) in [4.78, 5) is 12.2. The molecule has 0 unspecified atom stereocenters. The van der Waals surface area contributed by atoms with Gasteiger partial charge in [0, 0.05) is 11.4 Å². The molecular formula is C15H10ClF3O2. The minimum Gasteiger partial charge on any atom is -0.434 e. The van der Waals surface area contributed by atoms with Crippen molar-refractivity contribution in [3.63, 3.8) is 0 Å². The number of para-hydroxylation sites is 1. The van der Waals surface area contributed by atoms with Crippen LogP contribution in [0.5, 0.6) is 5.75 Å². The first-order chi connectivity index (χ1) is 9.97. The summed E-state index contributed by atoms with van der Waals surface area (Å²) in [5.74, 6) is -1.23. The smallest absolute Gasteiger partial charge is 0.387 e. The van der Waals surface area contributed by atoms with E-state index in [2.05, 4.69) is 4.74 Å². The third-order valence-corrected chi connectivity index (χ3v) is 3.13. The molecule has 110 valence electrons. The molecule has 0 spiro atoms. The second-order valence-corrected chi connectivity index (χ2v) is 4.62. The number of ketones is 1. The standard InChI is InChI=1S/C15H10ClF3O2/c16-12-6-5-10(17)7-9(12)8-13(20)11-3-1-2-4-14(11)21-15(18)19/h1-7,15H,8H2. The van der Waals surface area contributed by atoms with Crippen LogP contribution in [0.3, 0.4) is 0 Å². The second-order valence-electron chi connectivity index (χ2n) is 4.21. The van der Waals surface area contributed by atoms with Gasteiger partial charge >= 0.3 is 6.61 Å². The Morgan fingerprint density at radius 3 is 2.62 bits per heavy atom. The van der Waals surface area contributed by atoms with Crippen molar-refractivity contribution in [3.8, 4) is 5.75 Å². The summed E-state index contributed by atoms with van der Waals surface area (Å²) < 4.78 is 42.1. The normalized spacial score (nSPS) is 10.7. The van der Waals surface area contributed by atoms with Crippen molar-refractivity contribution >= 4 is 17.4 Å². The largest absolute Gasteiger partial charge is 0.434 e. The van der Waals surface area contributed by atoms with Crippen LogP contribution in [0, 0.1) is 5.82 Å². The summed E-state index contributed by atoms with van der Waals surface area (Å²) in [6.45, 7) is -3.03. The number of ether oxygens (including phenoxy) is 1. The molecular weight excluding hydrogens is 305 g/mol. The fourth-order valence-electron chi connectivity index (χ4n) is 1.84. The lowest BCUT2D eigenvalue weighted by Crippen LogP contribution is -2.10. The van der Waals surface area contributed by atoms with Gasteiger partial charge in [-0.3, -0.25) is 4.79 Å². The molecule has 0 radical (unpaired) electrons. The average molecular weight is 315 g/mol. The van der Waals surface area contributed by atoms with Crippen LogP contribution in [-0.2, 0) is 6.42 Å². The summed E-state index contributed by atoms with van der Waals surface area (Å²) in [5, 5.41) is 0.233. The maximum absolute atomic E-state index is 13.2. The van der Waals surface area contributed by atoms with Crippen LogP contribution in [0.4, 0.5) is 13.2 Å². The van der Waals surface area contributed by atoms with E-state index >= 15 is 0 Å². The van der Waals surface area contributed by atoms with Crippen LogP contribution >= 0.6 is 11.6 Å². The van der Waals surface area contributed by atoms with Crippen molar-refractivity contribution in [2.24, 2.45) is 0 Å². The third kappa shape index (κ3) is 3.98. The Kier molecular flexibility index (Phi) is 4.85. The molecule has 0 saturated heterocycles. The zero-order valence-corrected chi connectivity index (χ0v) is 11.4. The Morgan fingerprint density at radius 1 is 1.19 bits per heavy atom. The first-order valence-electron chi connectivity index (χ1n) is 5.98. The molecule has 21 heavy (non-hydrogen) atoms. The second kappa shape index (κ2) is 6.63. The maximum atomic E-state index is 13.2. The molecule has 2 rings (SSSR count). The molecule has 0 N–H and O–H groups in total. The Morgan fingerprint density at radius 2 is 1.90 bits per heavy atom. The number of hydrogen-bond acceptors (Lipinski definition) is 2. The predicted molar refractivity (Wildman–Crippen MR) is 72.5 cm³/mol. The Bertz CT molecular complexity index is 659. The molecule has 0 fully saturated rings. The van der Waals surface area contributed by atoms with E-state index in [0.717, 1.165) is 6.07 Å². The van der Waals surface area contributed by atoms with Gasteiger partial charge in [0.2, 0.25) is 0 Å². The van der Waals surface area contributed by atoms with Crippen molar-refractivity contribution in [2.45, 2.75) is 13.0 Å². The molecule has 0 aliphatic carbocycles. The van der Waals surface area contributed by atoms with Gasteiger partial charge in [-0.2, -0.15) is 8.78 Å². The number of Topliss-reactive ketones (excluding diaryl/α,β-unsaturated/α-hetero) is 1. The van der Waals surface area contributed by atoms with Crippen molar-refractivity contribution in [3.05, 3.63) is 64.4 Å². The summed E-state index contributed by atoms with van der Waals surface area (Å²) >= 11 is 5.88. The van der Waals surface area contributed by atoms with E-state index < -0.39 is 18.2 Å². The molecule has 0 amide bonds. The number of carbonyl (C=O) groups excluding carboxylic acids is 1.